The predicted molar refractivity (Wildman–Crippen MR) is 80.7 cm³/mol. The van der Waals surface area contributed by atoms with Gasteiger partial charge in [-0.2, -0.15) is 0 Å². The van der Waals surface area contributed by atoms with Gasteiger partial charge in [0.1, 0.15) is 6.10 Å². The predicted octanol–water partition coefficient (Wildman–Crippen LogP) is 4.30. The number of aliphatic hydroxyl groups excluding tert-OH is 1. The topological polar surface area (TPSA) is 20.2 Å². The van der Waals surface area contributed by atoms with Crippen LogP contribution in [0.3, 0.4) is 0 Å². The van der Waals surface area contributed by atoms with Crippen LogP contribution in [0.2, 0.25) is 0 Å². The molecule has 0 fully saturated rings. The van der Waals surface area contributed by atoms with Crippen molar-refractivity contribution in [3.63, 3.8) is 0 Å². The Morgan fingerprint density at radius 1 is 1.18 bits per heavy atom. The van der Waals surface area contributed by atoms with E-state index in [2.05, 4.69) is 41.4 Å². The number of rotatable bonds is 5. The van der Waals surface area contributed by atoms with Crippen LogP contribution in [-0.4, -0.2) is 5.11 Å². The van der Waals surface area contributed by atoms with Crippen molar-refractivity contribution in [3.8, 4) is 11.8 Å². The molecule has 1 rings (SSSR count). The minimum Gasteiger partial charge on any atom is -0.376 e. The average molecular weight is 342 g/mol. The number of aliphatic hydroxyl groups is 1. The van der Waals surface area contributed by atoms with Gasteiger partial charge in [0.25, 0.3) is 0 Å². The van der Waals surface area contributed by atoms with E-state index in [0.717, 1.165) is 18.4 Å². The SMILES string of the molecule is CCCCCCC#CC(O)c1ccc(I)cc1. The Bertz CT molecular complexity index is 372. The first-order valence-electron chi connectivity index (χ1n) is 6.16. The molecular weight excluding hydrogens is 323 g/mol. The van der Waals surface area contributed by atoms with Crippen LogP contribution in [0.1, 0.15) is 50.7 Å². The Balaban J connectivity index is 2.36. The van der Waals surface area contributed by atoms with E-state index in [4.69, 9.17) is 0 Å². The molecule has 0 amide bonds. The van der Waals surface area contributed by atoms with Crippen LogP contribution in [0, 0.1) is 15.4 Å². The summed E-state index contributed by atoms with van der Waals surface area (Å²) in [6.45, 7) is 2.20. The highest BCUT2D eigenvalue weighted by Crippen LogP contribution is 2.14. The first-order chi connectivity index (χ1) is 8.24. The monoisotopic (exact) mass is 342 g/mol. The van der Waals surface area contributed by atoms with Crippen molar-refractivity contribution in [3.05, 3.63) is 33.4 Å². The van der Waals surface area contributed by atoms with Crippen molar-refractivity contribution >= 4 is 22.6 Å². The Hall–Kier alpha value is -0.530. The highest BCUT2D eigenvalue weighted by Gasteiger charge is 2.01. The van der Waals surface area contributed by atoms with Crippen molar-refractivity contribution in [1.29, 1.82) is 0 Å². The maximum Gasteiger partial charge on any atom is 0.140 e. The van der Waals surface area contributed by atoms with Gasteiger partial charge in [0.2, 0.25) is 0 Å². The Morgan fingerprint density at radius 2 is 1.88 bits per heavy atom. The van der Waals surface area contributed by atoms with E-state index in [1.807, 2.05) is 24.3 Å². The fourth-order valence-corrected chi connectivity index (χ4v) is 1.90. The summed E-state index contributed by atoms with van der Waals surface area (Å²) >= 11 is 2.25. The summed E-state index contributed by atoms with van der Waals surface area (Å²) in [5.41, 5.74) is 0.881. The second-order valence-electron chi connectivity index (χ2n) is 4.09. The summed E-state index contributed by atoms with van der Waals surface area (Å²) in [5.74, 6) is 5.95. The highest BCUT2D eigenvalue weighted by atomic mass is 127. The van der Waals surface area contributed by atoms with Gasteiger partial charge in [0.15, 0.2) is 0 Å². The molecule has 0 aromatic heterocycles. The van der Waals surface area contributed by atoms with Crippen molar-refractivity contribution in [1.82, 2.24) is 0 Å². The van der Waals surface area contributed by atoms with Gasteiger partial charge >= 0.3 is 0 Å². The van der Waals surface area contributed by atoms with Gasteiger partial charge < -0.3 is 5.11 Å². The molecule has 0 spiro atoms. The second-order valence-corrected chi connectivity index (χ2v) is 5.33. The third kappa shape index (κ3) is 6.09. The van der Waals surface area contributed by atoms with Crippen LogP contribution >= 0.6 is 22.6 Å². The molecule has 1 aromatic carbocycles. The minimum atomic E-state index is -0.641. The number of benzene rings is 1. The summed E-state index contributed by atoms with van der Waals surface area (Å²) in [6.07, 6.45) is 5.16. The molecule has 0 radical (unpaired) electrons. The van der Waals surface area contributed by atoms with E-state index in [1.165, 1.54) is 22.8 Å². The lowest BCUT2D eigenvalue weighted by Crippen LogP contribution is -1.93. The molecule has 0 aliphatic rings. The smallest absolute Gasteiger partial charge is 0.140 e. The highest BCUT2D eigenvalue weighted by molar-refractivity contribution is 14.1. The first-order valence-corrected chi connectivity index (χ1v) is 7.24. The Kier molecular flexibility index (Phi) is 7.30. The molecule has 1 nitrogen and oxygen atoms in total. The third-order valence-electron chi connectivity index (χ3n) is 2.58. The van der Waals surface area contributed by atoms with Crippen LogP contribution in [0.4, 0.5) is 0 Å². The first kappa shape index (κ1) is 14.5. The van der Waals surface area contributed by atoms with E-state index in [0.29, 0.717) is 0 Å². The molecule has 2 heteroatoms. The van der Waals surface area contributed by atoms with Gasteiger partial charge in [-0.05, 0) is 46.7 Å². The number of unbranched alkanes of at least 4 members (excludes halogenated alkanes) is 4. The van der Waals surface area contributed by atoms with Crippen LogP contribution in [0.25, 0.3) is 0 Å². The second kappa shape index (κ2) is 8.54. The number of halogens is 1. The van der Waals surface area contributed by atoms with Crippen LogP contribution in [0.5, 0.6) is 0 Å². The molecule has 1 unspecified atom stereocenters. The normalized spacial score (nSPS) is 11.7. The minimum absolute atomic E-state index is 0.641. The summed E-state index contributed by atoms with van der Waals surface area (Å²) in [5, 5.41) is 9.84. The van der Waals surface area contributed by atoms with Crippen molar-refractivity contribution in [2.24, 2.45) is 0 Å². The zero-order valence-electron chi connectivity index (χ0n) is 10.2. The lowest BCUT2D eigenvalue weighted by atomic mass is 10.1. The molecule has 0 heterocycles. The van der Waals surface area contributed by atoms with Crippen LogP contribution < -0.4 is 0 Å². The largest absolute Gasteiger partial charge is 0.376 e. The molecule has 1 aromatic rings. The summed E-state index contributed by atoms with van der Waals surface area (Å²) in [4.78, 5) is 0. The van der Waals surface area contributed by atoms with E-state index in [1.54, 1.807) is 0 Å². The molecule has 0 aliphatic carbocycles. The molecule has 0 bridgehead atoms. The molecular formula is C15H19IO. The maximum atomic E-state index is 9.84. The molecule has 1 N–H and O–H groups in total. The van der Waals surface area contributed by atoms with Crippen LogP contribution in [0.15, 0.2) is 24.3 Å². The van der Waals surface area contributed by atoms with Gasteiger partial charge in [0, 0.05) is 9.99 Å². The van der Waals surface area contributed by atoms with Crippen molar-refractivity contribution < 1.29 is 5.11 Å². The maximum absolute atomic E-state index is 9.84. The van der Waals surface area contributed by atoms with Gasteiger partial charge in [-0.15, -0.1) is 5.92 Å². The summed E-state index contributed by atoms with van der Waals surface area (Å²) < 4.78 is 1.17. The molecule has 0 saturated heterocycles. The zero-order valence-corrected chi connectivity index (χ0v) is 12.4. The van der Waals surface area contributed by atoms with E-state index in [9.17, 15) is 5.11 Å². The Labute approximate surface area is 118 Å². The van der Waals surface area contributed by atoms with E-state index < -0.39 is 6.10 Å². The molecule has 17 heavy (non-hydrogen) atoms. The molecule has 1 atom stereocenters. The standard InChI is InChI=1S/C15H19IO/c1-2-3-4-5-6-7-8-15(17)13-9-11-14(16)12-10-13/h9-12,15,17H,2-6H2,1H3. The fourth-order valence-electron chi connectivity index (χ4n) is 1.54. The van der Waals surface area contributed by atoms with Crippen LogP contribution in [-0.2, 0) is 0 Å². The number of hydrogen-bond acceptors (Lipinski definition) is 1. The van der Waals surface area contributed by atoms with Crippen molar-refractivity contribution in [2.45, 2.75) is 45.1 Å². The fraction of sp³-hybridized carbons (Fsp3) is 0.467. The van der Waals surface area contributed by atoms with Gasteiger partial charge in [0.05, 0.1) is 0 Å². The quantitative estimate of drug-likeness (QED) is 0.481. The molecule has 0 aliphatic heterocycles. The Morgan fingerprint density at radius 3 is 2.53 bits per heavy atom. The lowest BCUT2D eigenvalue weighted by molar-refractivity contribution is 0.238. The van der Waals surface area contributed by atoms with E-state index in [-0.39, 0.29) is 0 Å². The van der Waals surface area contributed by atoms with Gasteiger partial charge in [-0.3, -0.25) is 0 Å². The lowest BCUT2D eigenvalue weighted by Gasteiger charge is -2.03. The van der Waals surface area contributed by atoms with E-state index >= 15 is 0 Å². The molecule has 0 saturated carbocycles. The zero-order chi connectivity index (χ0) is 12.5. The molecule has 92 valence electrons. The summed E-state index contributed by atoms with van der Waals surface area (Å²) in [6, 6.07) is 7.83. The average Bonchev–Trinajstić information content (AvgIpc) is 2.34. The summed E-state index contributed by atoms with van der Waals surface area (Å²) in [7, 11) is 0. The van der Waals surface area contributed by atoms with Gasteiger partial charge in [-0.25, -0.2) is 0 Å². The van der Waals surface area contributed by atoms with Gasteiger partial charge in [-0.1, -0.05) is 44.2 Å². The number of hydrogen-bond donors (Lipinski definition) is 1. The third-order valence-corrected chi connectivity index (χ3v) is 3.30. The van der Waals surface area contributed by atoms with Crippen molar-refractivity contribution in [2.75, 3.05) is 0 Å².